The highest BCUT2D eigenvalue weighted by Crippen LogP contribution is 2.07. The molecule has 0 rings (SSSR count). The Morgan fingerprint density at radius 2 is 1.37 bits per heavy atom. The van der Waals surface area contributed by atoms with Gasteiger partial charge >= 0.3 is 11.9 Å². The van der Waals surface area contributed by atoms with Crippen molar-refractivity contribution < 1.29 is 24.8 Å². The minimum atomic E-state index is -0.663. The second kappa shape index (κ2) is 16.9. The van der Waals surface area contributed by atoms with Crippen molar-refractivity contribution in [3.05, 3.63) is 0 Å². The van der Waals surface area contributed by atoms with Gasteiger partial charge in [-0.1, -0.05) is 52.4 Å². The minimum Gasteiger partial charge on any atom is -0.481 e. The topological polar surface area (TPSA) is 83.8 Å². The lowest BCUT2D eigenvalue weighted by Gasteiger charge is -1.98. The quantitative estimate of drug-likeness (QED) is 0.358. The third kappa shape index (κ3) is 22.5. The zero-order valence-electron chi connectivity index (χ0n) is 12.2. The molecule has 0 heterocycles. The molecule has 0 unspecified atom stereocenters. The Bertz CT molecular complexity index is 216. The zero-order chi connectivity index (χ0) is 14.9. The van der Waals surface area contributed by atoms with Crippen LogP contribution in [0.3, 0.4) is 0 Å². The standard InChI is InChI=1S/C10H20O2.C4H8O3/c1-2-3-4-5-6-7-8-9-10(11)12;1-2-3-4(5)7-6/h2-9H2,1H3,(H,11,12);6H,2-3H2,1H3. The molecule has 0 atom stereocenters. The Labute approximate surface area is 115 Å². The molecule has 19 heavy (non-hydrogen) atoms. The van der Waals surface area contributed by atoms with Gasteiger partial charge in [-0.3, -0.25) is 4.79 Å². The van der Waals surface area contributed by atoms with Crippen LogP contribution in [-0.2, 0) is 14.5 Å². The number of carboxylic acid groups (broad SMARTS) is 1. The molecule has 0 saturated heterocycles. The Balaban J connectivity index is 0. The molecule has 5 heteroatoms. The van der Waals surface area contributed by atoms with E-state index in [1.54, 1.807) is 0 Å². The second-order valence-corrected chi connectivity index (χ2v) is 4.48. The SMILES string of the molecule is CCCC(=O)OO.CCCCCCCCCC(=O)O. The predicted octanol–water partition coefficient (Wildman–Crippen LogP) is 4.01. The first-order chi connectivity index (χ1) is 9.08. The van der Waals surface area contributed by atoms with E-state index in [-0.39, 0.29) is 6.42 Å². The molecule has 114 valence electrons. The van der Waals surface area contributed by atoms with Crippen LogP contribution in [0.1, 0.15) is 78.1 Å². The number of aliphatic carboxylic acids is 1. The summed E-state index contributed by atoms with van der Waals surface area (Å²) in [4.78, 5) is 23.4. The number of unbranched alkanes of at least 4 members (excludes halogenated alkanes) is 6. The predicted molar refractivity (Wildman–Crippen MR) is 73.9 cm³/mol. The van der Waals surface area contributed by atoms with Crippen molar-refractivity contribution in [3.8, 4) is 0 Å². The molecule has 0 aliphatic rings. The van der Waals surface area contributed by atoms with Crippen LogP contribution in [-0.4, -0.2) is 22.3 Å². The maximum atomic E-state index is 10.1. The van der Waals surface area contributed by atoms with Crippen molar-refractivity contribution in [2.75, 3.05) is 0 Å². The molecular formula is C14H28O5. The van der Waals surface area contributed by atoms with E-state index in [2.05, 4.69) is 11.8 Å². The highest BCUT2D eigenvalue weighted by molar-refractivity contribution is 5.68. The third-order valence-corrected chi connectivity index (χ3v) is 2.55. The molecule has 5 nitrogen and oxygen atoms in total. The maximum absolute atomic E-state index is 10.1. The Hall–Kier alpha value is -1.10. The maximum Gasteiger partial charge on any atom is 0.342 e. The summed E-state index contributed by atoms with van der Waals surface area (Å²) in [6.45, 7) is 4.03. The van der Waals surface area contributed by atoms with Crippen molar-refractivity contribution in [2.24, 2.45) is 0 Å². The van der Waals surface area contributed by atoms with Gasteiger partial charge in [0.05, 0.1) is 0 Å². The van der Waals surface area contributed by atoms with Crippen molar-refractivity contribution in [1.29, 1.82) is 0 Å². The van der Waals surface area contributed by atoms with Crippen molar-refractivity contribution in [2.45, 2.75) is 78.1 Å². The summed E-state index contributed by atoms with van der Waals surface area (Å²) in [7, 11) is 0. The molecule has 0 fully saturated rings. The van der Waals surface area contributed by atoms with Crippen molar-refractivity contribution in [3.63, 3.8) is 0 Å². The van der Waals surface area contributed by atoms with Gasteiger partial charge in [0, 0.05) is 12.8 Å². The van der Waals surface area contributed by atoms with Crippen LogP contribution in [0, 0.1) is 0 Å². The summed E-state index contributed by atoms with van der Waals surface area (Å²) < 4.78 is 0. The molecule has 0 radical (unpaired) electrons. The highest BCUT2D eigenvalue weighted by atomic mass is 17.1. The van der Waals surface area contributed by atoms with E-state index in [0.717, 1.165) is 12.8 Å². The first-order valence-corrected chi connectivity index (χ1v) is 7.14. The molecule has 0 aromatic carbocycles. The summed E-state index contributed by atoms with van der Waals surface area (Å²) in [5, 5.41) is 16.0. The van der Waals surface area contributed by atoms with Gasteiger partial charge in [0.25, 0.3) is 0 Å². The van der Waals surface area contributed by atoms with Gasteiger partial charge < -0.3 is 9.99 Å². The lowest BCUT2D eigenvalue weighted by Crippen LogP contribution is -1.97. The van der Waals surface area contributed by atoms with E-state index in [9.17, 15) is 9.59 Å². The fourth-order valence-electron chi connectivity index (χ4n) is 1.48. The number of carbonyl (C=O) groups excluding carboxylic acids is 1. The summed E-state index contributed by atoms with van der Waals surface area (Å²) in [6.07, 6.45) is 9.64. The van der Waals surface area contributed by atoms with Crippen molar-refractivity contribution >= 4 is 11.9 Å². The molecule has 0 aliphatic heterocycles. The lowest BCUT2D eigenvalue weighted by atomic mass is 10.1. The van der Waals surface area contributed by atoms with Crippen LogP contribution < -0.4 is 0 Å². The first kappa shape index (κ1) is 20.2. The minimum absolute atomic E-state index is 0.288. The average molecular weight is 276 g/mol. The van der Waals surface area contributed by atoms with E-state index in [1.165, 1.54) is 32.1 Å². The molecule has 0 aromatic rings. The Kier molecular flexibility index (Phi) is 18.0. The molecule has 0 bridgehead atoms. The van der Waals surface area contributed by atoms with Gasteiger partial charge in [-0.15, -0.1) is 0 Å². The number of hydrogen-bond donors (Lipinski definition) is 2. The van der Waals surface area contributed by atoms with Crippen LogP contribution in [0.2, 0.25) is 0 Å². The van der Waals surface area contributed by atoms with Gasteiger partial charge in [0.1, 0.15) is 0 Å². The summed E-state index contributed by atoms with van der Waals surface area (Å²) in [5.41, 5.74) is 0. The Morgan fingerprint density at radius 1 is 0.842 bits per heavy atom. The number of rotatable bonds is 10. The van der Waals surface area contributed by atoms with E-state index >= 15 is 0 Å². The van der Waals surface area contributed by atoms with Gasteiger partial charge in [-0.05, 0) is 12.8 Å². The zero-order valence-corrected chi connectivity index (χ0v) is 12.2. The normalized spacial score (nSPS) is 9.42. The summed E-state index contributed by atoms with van der Waals surface area (Å²) >= 11 is 0. The van der Waals surface area contributed by atoms with E-state index in [4.69, 9.17) is 10.4 Å². The van der Waals surface area contributed by atoms with E-state index in [1.807, 2.05) is 6.92 Å². The van der Waals surface area contributed by atoms with Gasteiger partial charge in [-0.25, -0.2) is 4.79 Å². The van der Waals surface area contributed by atoms with Crippen molar-refractivity contribution in [1.82, 2.24) is 0 Å². The van der Waals surface area contributed by atoms with E-state index in [0.29, 0.717) is 12.8 Å². The number of carboxylic acids is 1. The fraction of sp³-hybridized carbons (Fsp3) is 0.857. The molecule has 2 N–H and O–H groups in total. The largest absolute Gasteiger partial charge is 0.481 e. The number of hydrogen-bond acceptors (Lipinski definition) is 4. The lowest BCUT2D eigenvalue weighted by molar-refractivity contribution is -0.234. The molecule has 0 saturated carbocycles. The highest BCUT2D eigenvalue weighted by Gasteiger charge is 1.96. The van der Waals surface area contributed by atoms with Gasteiger partial charge in [0.2, 0.25) is 0 Å². The van der Waals surface area contributed by atoms with Gasteiger partial charge in [0.15, 0.2) is 0 Å². The number of carbonyl (C=O) groups is 2. The van der Waals surface area contributed by atoms with Crippen LogP contribution in [0.4, 0.5) is 0 Å². The van der Waals surface area contributed by atoms with Crippen LogP contribution in [0.25, 0.3) is 0 Å². The van der Waals surface area contributed by atoms with Gasteiger partial charge in [-0.2, -0.15) is 5.26 Å². The molecule has 0 aliphatic carbocycles. The van der Waals surface area contributed by atoms with E-state index < -0.39 is 11.9 Å². The van der Waals surface area contributed by atoms with Crippen LogP contribution in [0.5, 0.6) is 0 Å². The molecule has 0 aromatic heterocycles. The Morgan fingerprint density at radius 3 is 1.74 bits per heavy atom. The average Bonchev–Trinajstić information content (AvgIpc) is 2.38. The fourth-order valence-corrected chi connectivity index (χ4v) is 1.48. The van der Waals surface area contributed by atoms with Crippen LogP contribution in [0.15, 0.2) is 0 Å². The summed E-state index contributed by atoms with van der Waals surface area (Å²) in [6, 6.07) is 0. The molecule has 0 amide bonds. The smallest absolute Gasteiger partial charge is 0.342 e. The molecule has 0 spiro atoms. The van der Waals surface area contributed by atoms with Crippen LogP contribution >= 0.6 is 0 Å². The monoisotopic (exact) mass is 276 g/mol. The third-order valence-electron chi connectivity index (χ3n) is 2.55. The summed E-state index contributed by atoms with van der Waals surface area (Å²) in [5.74, 6) is -1.23. The molecular weight excluding hydrogens is 248 g/mol. The second-order valence-electron chi connectivity index (χ2n) is 4.48. The first-order valence-electron chi connectivity index (χ1n) is 7.14.